The van der Waals surface area contributed by atoms with Gasteiger partial charge in [0.15, 0.2) is 11.5 Å². The van der Waals surface area contributed by atoms with Gasteiger partial charge in [-0.25, -0.2) is 4.39 Å². The highest BCUT2D eigenvalue weighted by molar-refractivity contribution is 5.94. The molecule has 7 heteroatoms. The maximum absolute atomic E-state index is 13.4. The van der Waals surface area contributed by atoms with Gasteiger partial charge in [0.25, 0.3) is 11.5 Å². The van der Waals surface area contributed by atoms with Gasteiger partial charge in [-0.05, 0) is 60.9 Å². The van der Waals surface area contributed by atoms with Crippen LogP contribution in [0.2, 0.25) is 0 Å². The van der Waals surface area contributed by atoms with Gasteiger partial charge in [0.05, 0.1) is 12.1 Å². The topological polar surface area (TPSA) is 71.6 Å². The number of rotatable bonds is 6. The lowest BCUT2D eigenvalue weighted by molar-refractivity contribution is 0.0744. The summed E-state index contributed by atoms with van der Waals surface area (Å²) in [6.07, 6.45) is 0.629. The monoisotopic (exact) mass is 458 g/mol. The van der Waals surface area contributed by atoms with Gasteiger partial charge in [-0.3, -0.25) is 9.59 Å². The molecule has 6 nitrogen and oxygen atoms in total. The number of benzene rings is 3. The lowest BCUT2D eigenvalue weighted by Crippen LogP contribution is -2.34. The highest BCUT2D eigenvalue weighted by Gasteiger charge is 2.20. The Balaban J connectivity index is 1.47. The first-order valence-corrected chi connectivity index (χ1v) is 11.0. The Hall–Kier alpha value is -4.13. The molecule has 1 amide bonds. The molecule has 0 saturated heterocycles. The molecule has 1 aliphatic heterocycles. The van der Waals surface area contributed by atoms with Crippen molar-refractivity contribution in [1.82, 2.24) is 9.88 Å². The second-order valence-electron chi connectivity index (χ2n) is 8.33. The fourth-order valence-corrected chi connectivity index (χ4v) is 4.14. The van der Waals surface area contributed by atoms with E-state index in [4.69, 9.17) is 9.47 Å². The van der Waals surface area contributed by atoms with Crippen LogP contribution in [-0.4, -0.2) is 29.1 Å². The van der Waals surface area contributed by atoms with Crippen molar-refractivity contribution in [3.05, 3.63) is 105 Å². The van der Waals surface area contributed by atoms with Crippen molar-refractivity contribution >= 4 is 16.8 Å². The molecule has 3 aromatic carbocycles. The molecular formula is C27H23FN2O4. The van der Waals surface area contributed by atoms with Gasteiger partial charge in [0.2, 0.25) is 6.79 Å². The zero-order valence-electron chi connectivity index (χ0n) is 18.6. The second-order valence-corrected chi connectivity index (χ2v) is 8.33. The molecule has 2 heterocycles. The number of aromatic amines is 1. The number of H-pyrrole nitrogens is 1. The van der Waals surface area contributed by atoms with Crippen LogP contribution < -0.4 is 15.0 Å². The first-order valence-electron chi connectivity index (χ1n) is 11.0. The Labute approximate surface area is 195 Å². The van der Waals surface area contributed by atoms with E-state index in [1.165, 1.54) is 24.3 Å². The molecule has 0 bridgehead atoms. The lowest BCUT2D eigenvalue weighted by Gasteiger charge is -2.23. The summed E-state index contributed by atoms with van der Waals surface area (Å²) >= 11 is 0. The van der Waals surface area contributed by atoms with E-state index in [1.54, 1.807) is 17.0 Å². The first-order chi connectivity index (χ1) is 16.5. The van der Waals surface area contributed by atoms with E-state index < -0.39 is 5.82 Å². The summed E-state index contributed by atoms with van der Waals surface area (Å²) in [5, 5.41) is 0.784. The van der Waals surface area contributed by atoms with Crippen LogP contribution >= 0.6 is 0 Å². The number of nitrogens with one attached hydrogen (secondary N) is 1. The number of halogens is 1. The van der Waals surface area contributed by atoms with Crippen LogP contribution in [0.1, 0.15) is 27.0 Å². The number of fused-ring (bicyclic) bond motifs is 2. The van der Waals surface area contributed by atoms with Crippen molar-refractivity contribution in [2.45, 2.75) is 19.9 Å². The zero-order valence-corrected chi connectivity index (χ0v) is 18.6. The third-order valence-corrected chi connectivity index (χ3v) is 6.07. The first kappa shape index (κ1) is 21.7. The van der Waals surface area contributed by atoms with Gasteiger partial charge in [0.1, 0.15) is 5.82 Å². The van der Waals surface area contributed by atoms with Crippen molar-refractivity contribution in [3.8, 4) is 11.5 Å². The Morgan fingerprint density at radius 3 is 2.50 bits per heavy atom. The predicted octanol–water partition coefficient (Wildman–Crippen LogP) is 4.59. The van der Waals surface area contributed by atoms with E-state index in [9.17, 15) is 14.0 Å². The average molecular weight is 458 g/mol. The molecule has 0 unspecified atom stereocenters. The smallest absolute Gasteiger partial charge is 0.254 e. The number of ether oxygens (including phenoxy) is 2. The minimum Gasteiger partial charge on any atom is -0.454 e. The standard InChI is InChI=1S/C27H23FN2O4/c1-17-4-2-3-5-18(17)10-11-30(27(32)19-6-8-22(28)9-7-19)15-21-12-20-13-24-25(34-16-33-24)14-23(20)29-26(21)31/h2-9,12-14H,10-11,15-16H2,1H3,(H,29,31). The number of hydrogen-bond acceptors (Lipinski definition) is 4. The number of amides is 1. The predicted molar refractivity (Wildman–Crippen MR) is 127 cm³/mol. The van der Waals surface area contributed by atoms with E-state index >= 15 is 0 Å². The lowest BCUT2D eigenvalue weighted by atomic mass is 10.0. The van der Waals surface area contributed by atoms with Crippen molar-refractivity contribution < 1.29 is 18.7 Å². The average Bonchev–Trinajstić information content (AvgIpc) is 3.29. The van der Waals surface area contributed by atoms with Crippen LogP contribution in [0.5, 0.6) is 11.5 Å². The molecule has 0 radical (unpaired) electrons. The number of carbonyl (C=O) groups excluding carboxylic acids is 1. The molecule has 172 valence electrons. The number of carbonyl (C=O) groups is 1. The number of nitrogens with zero attached hydrogens (tertiary/aromatic N) is 1. The minimum absolute atomic E-state index is 0.113. The molecule has 0 spiro atoms. The quantitative estimate of drug-likeness (QED) is 0.459. The molecule has 0 fully saturated rings. The van der Waals surface area contributed by atoms with Gasteiger partial charge in [-0.15, -0.1) is 0 Å². The largest absolute Gasteiger partial charge is 0.454 e. The summed E-state index contributed by atoms with van der Waals surface area (Å²) in [5.41, 5.74) is 3.43. The van der Waals surface area contributed by atoms with Crippen LogP contribution in [0, 0.1) is 12.7 Å². The van der Waals surface area contributed by atoms with Crippen LogP contribution in [0.4, 0.5) is 4.39 Å². The van der Waals surface area contributed by atoms with Crippen LogP contribution in [0.3, 0.4) is 0 Å². The van der Waals surface area contributed by atoms with Crippen LogP contribution in [-0.2, 0) is 13.0 Å². The van der Waals surface area contributed by atoms with E-state index in [2.05, 4.69) is 4.98 Å². The summed E-state index contributed by atoms with van der Waals surface area (Å²) in [6, 6.07) is 18.8. The molecule has 1 N–H and O–H groups in total. The molecule has 4 aromatic rings. The van der Waals surface area contributed by atoms with Gasteiger partial charge in [-0.2, -0.15) is 0 Å². The molecule has 1 aromatic heterocycles. The molecule has 5 rings (SSSR count). The molecule has 0 atom stereocenters. The third kappa shape index (κ3) is 4.37. The Morgan fingerprint density at radius 1 is 1.00 bits per heavy atom. The molecule has 0 aliphatic carbocycles. The van der Waals surface area contributed by atoms with Crippen LogP contribution in [0.15, 0.2) is 71.5 Å². The van der Waals surface area contributed by atoms with Crippen LogP contribution in [0.25, 0.3) is 10.9 Å². The molecule has 34 heavy (non-hydrogen) atoms. The highest BCUT2D eigenvalue weighted by atomic mass is 19.1. The molecular weight excluding hydrogens is 435 g/mol. The van der Waals surface area contributed by atoms with Crippen molar-refractivity contribution in [1.29, 1.82) is 0 Å². The Kier molecular flexibility index (Phi) is 5.76. The maximum Gasteiger partial charge on any atom is 0.254 e. The molecule has 1 aliphatic rings. The van der Waals surface area contributed by atoms with Gasteiger partial charge in [0, 0.05) is 29.1 Å². The van der Waals surface area contributed by atoms with Gasteiger partial charge in [-0.1, -0.05) is 24.3 Å². The van der Waals surface area contributed by atoms with Gasteiger partial charge < -0.3 is 19.4 Å². The number of pyridine rings is 1. The SMILES string of the molecule is Cc1ccccc1CCN(Cc1cc2cc3c(cc2[nH]c1=O)OCO3)C(=O)c1ccc(F)cc1. The normalized spacial score (nSPS) is 12.2. The third-order valence-electron chi connectivity index (χ3n) is 6.07. The summed E-state index contributed by atoms with van der Waals surface area (Å²) in [6.45, 7) is 2.68. The van der Waals surface area contributed by atoms with E-state index in [0.717, 1.165) is 16.5 Å². The second kappa shape index (κ2) is 9.02. The molecule has 0 saturated carbocycles. The highest BCUT2D eigenvalue weighted by Crippen LogP contribution is 2.35. The zero-order chi connectivity index (χ0) is 23.7. The number of aromatic nitrogens is 1. The Bertz CT molecular complexity index is 1430. The van der Waals surface area contributed by atoms with E-state index in [1.807, 2.05) is 37.3 Å². The minimum atomic E-state index is -0.410. The van der Waals surface area contributed by atoms with Crippen molar-refractivity contribution in [2.75, 3.05) is 13.3 Å². The summed E-state index contributed by atoms with van der Waals surface area (Å²) in [5.74, 6) is 0.526. The maximum atomic E-state index is 13.4. The summed E-state index contributed by atoms with van der Waals surface area (Å²) in [4.78, 5) is 30.7. The van der Waals surface area contributed by atoms with E-state index in [-0.39, 0.29) is 24.8 Å². The van der Waals surface area contributed by atoms with E-state index in [0.29, 0.717) is 41.1 Å². The summed E-state index contributed by atoms with van der Waals surface area (Å²) < 4.78 is 24.3. The fourth-order valence-electron chi connectivity index (χ4n) is 4.14. The number of aryl methyl sites for hydroxylation is 1. The van der Waals surface area contributed by atoms with Crippen molar-refractivity contribution in [2.24, 2.45) is 0 Å². The van der Waals surface area contributed by atoms with Crippen molar-refractivity contribution in [3.63, 3.8) is 0 Å². The van der Waals surface area contributed by atoms with Gasteiger partial charge >= 0.3 is 0 Å². The Morgan fingerprint density at radius 2 is 1.74 bits per heavy atom. The summed E-state index contributed by atoms with van der Waals surface area (Å²) in [7, 11) is 0. The fraction of sp³-hybridized carbons (Fsp3) is 0.185. The number of hydrogen-bond donors (Lipinski definition) is 1.